The fourth-order valence-corrected chi connectivity index (χ4v) is 3.04. The lowest BCUT2D eigenvalue weighted by atomic mass is 10.1. The molecule has 3 aromatic rings. The van der Waals surface area contributed by atoms with E-state index in [4.69, 9.17) is 21.2 Å². The van der Waals surface area contributed by atoms with Crippen LogP contribution in [0.2, 0.25) is 5.02 Å². The predicted octanol–water partition coefficient (Wildman–Crippen LogP) is 5.25. The number of benzene rings is 3. The standard InChI is InChI=1S/C21H17ClN2O2/c1-25-19-13-9-16(10-14-19)21-24(18-5-3-2-4-6-18)20(23-26-21)15-7-11-17(22)12-8-15/h2-14,21H,1H3. The largest absolute Gasteiger partial charge is 0.497 e. The van der Waals surface area contributed by atoms with Crippen molar-refractivity contribution in [2.45, 2.75) is 6.23 Å². The summed E-state index contributed by atoms with van der Waals surface area (Å²) in [5.41, 5.74) is 2.93. The lowest BCUT2D eigenvalue weighted by Crippen LogP contribution is -2.31. The van der Waals surface area contributed by atoms with Crippen molar-refractivity contribution < 1.29 is 9.57 Å². The van der Waals surface area contributed by atoms with Crippen LogP contribution in [0.15, 0.2) is 84.0 Å². The zero-order valence-corrected chi connectivity index (χ0v) is 14.9. The Kier molecular flexibility index (Phi) is 4.50. The molecule has 4 nitrogen and oxygen atoms in total. The molecule has 1 unspecified atom stereocenters. The van der Waals surface area contributed by atoms with Gasteiger partial charge >= 0.3 is 0 Å². The Bertz CT molecular complexity index is 909. The van der Waals surface area contributed by atoms with Crippen molar-refractivity contribution in [3.8, 4) is 5.75 Å². The zero-order valence-electron chi connectivity index (χ0n) is 14.2. The molecule has 1 aliphatic rings. The molecule has 26 heavy (non-hydrogen) atoms. The molecule has 0 saturated heterocycles. The van der Waals surface area contributed by atoms with Crippen molar-refractivity contribution in [2.75, 3.05) is 12.0 Å². The van der Waals surface area contributed by atoms with Crippen molar-refractivity contribution in [1.82, 2.24) is 0 Å². The Labute approximate surface area is 157 Å². The highest BCUT2D eigenvalue weighted by atomic mass is 35.5. The van der Waals surface area contributed by atoms with Gasteiger partial charge in [0.25, 0.3) is 0 Å². The Hall–Kier alpha value is -2.98. The third-order valence-corrected chi connectivity index (χ3v) is 4.49. The van der Waals surface area contributed by atoms with Crippen LogP contribution in [0.4, 0.5) is 5.69 Å². The first kappa shape index (κ1) is 16.5. The van der Waals surface area contributed by atoms with E-state index in [9.17, 15) is 0 Å². The predicted molar refractivity (Wildman–Crippen MR) is 104 cm³/mol. The number of hydrogen-bond donors (Lipinski definition) is 0. The summed E-state index contributed by atoms with van der Waals surface area (Å²) in [5, 5.41) is 5.05. The fraction of sp³-hybridized carbons (Fsp3) is 0.0952. The van der Waals surface area contributed by atoms with E-state index < -0.39 is 0 Å². The molecule has 0 radical (unpaired) electrons. The van der Waals surface area contributed by atoms with Gasteiger partial charge in [-0.25, -0.2) is 0 Å². The molecule has 0 aliphatic carbocycles. The van der Waals surface area contributed by atoms with E-state index in [-0.39, 0.29) is 6.23 Å². The molecule has 0 saturated carbocycles. The molecule has 0 amide bonds. The van der Waals surface area contributed by atoms with Crippen molar-refractivity contribution in [3.63, 3.8) is 0 Å². The van der Waals surface area contributed by atoms with E-state index in [2.05, 4.69) is 10.1 Å². The van der Waals surface area contributed by atoms with Crippen LogP contribution in [0.5, 0.6) is 5.75 Å². The van der Waals surface area contributed by atoms with E-state index in [0.717, 1.165) is 28.4 Å². The number of hydrogen-bond acceptors (Lipinski definition) is 4. The second kappa shape index (κ2) is 7.10. The second-order valence-electron chi connectivity index (χ2n) is 5.86. The third-order valence-electron chi connectivity index (χ3n) is 4.24. The average Bonchev–Trinajstić information content (AvgIpc) is 3.14. The first-order chi connectivity index (χ1) is 12.8. The second-order valence-corrected chi connectivity index (χ2v) is 6.29. The van der Waals surface area contributed by atoms with Crippen molar-refractivity contribution in [3.05, 3.63) is 95.0 Å². The number of rotatable bonds is 4. The first-order valence-electron chi connectivity index (χ1n) is 8.24. The summed E-state index contributed by atoms with van der Waals surface area (Å²) in [6, 6.07) is 25.5. The number of methoxy groups -OCH3 is 1. The number of halogens is 1. The summed E-state index contributed by atoms with van der Waals surface area (Å²) >= 11 is 6.03. The molecule has 0 spiro atoms. The number of oxime groups is 1. The monoisotopic (exact) mass is 364 g/mol. The van der Waals surface area contributed by atoms with Crippen molar-refractivity contribution in [2.24, 2.45) is 5.16 Å². The van der Waals surface area contributed by atoms with Gasteiger partial charge < -0.3 is 9.57 Å². The normalized spacial score (nSPS) is 16.2. The minimum atomic E-state index is -0.353. The maximum Gasteiger partial charge on any atom is 0.231 e. The van der Waals surface area contributed by atoms with E-state index in [1.165, 1.54) is 0 Å². The summed E-state index contributed by atoms with van der Waals surface area (Å²) in [6.07, 6.45) is -0.353. The van der Waals surface area contributed by atoms with E-state index in [0.29, 0.717) is 5.02 Å². The summed E-state index contributed by atoms with van der Waals surface area (Å²) in [6.45, 7) is 0. The number of para-hydroxylation sites is 1. The van der Waals surface area contributed by atoms with Gasteiger partial charge in [0, 0.05) is 21.8 Å². The van der Waals surface area contributed by atoms with Crippen LogP contribution in [-0.2, 0) is 4.84 Å². The highest BCUT2D eigenvalue weighted by molar-refractivity contribution is 6.30. The molecule has 1 heterocycles. The van der Waals surface area contributed by atoms with Crippen LogP contribution in [-0.4, -0.2) is 12.9 Å². The molecular formula is C21H17ClN2O2. The van der Waals surface area contributed by atoms with Gasteiger partial charge in [-0.2, -0.15) is 0 Å². The molecule has 3 aromatic carbocycles. The molecule has 4 rings (SSSR count). The summed E-state index contributed by atoms with van der Waals surface area (Å²) in [4.78, 5) is 7.89. The van der Waals surface area contributed by atoms with E-state index in [1.807, 2.05) is 78.9 Å². The quantitative estimate of drug-likeness (QED) is 0.634. The van der Waals surface area contributed by atoms with Gasteiger partial charge in [0.15, 0.2) is 5.84 Å². The van der Waals surface area contributed by atoms with Gasteiger partial charge in [-0.15, -0.1) is 0 Å². The topological polar surface area (TPSA) is 34.1 Å². The summed E-state index contributed by atoms with van der Waals surface area (Å²) in [5.74, 6) is 1.55. The van der Waals surface area contributed by atoms with Crippen LogP contribution < -0.4 is 9.64 Å². The Morgan fingerprint density at radius 2 is 1.62 bits per heavy atom. The molecule has 0 aromatic heterocycles. The molecule has 0 fully saturated rings. The molecule has 1 atom stereocenters. The maximum atomic E-state index is 6.03. The number of nitrogens with zero attached hydrogens (tertiary/aromatic N) is 2. The summed E-state index contributed by atoms with van der Waals surface area (Å²) in [7, 11) is 1.65. The highest BCUT2D eigenvalue weighted by Crippen LogP contribution is 2.35. The Balaban J connectivity index is 1.74. The van der Waals surface area contributed by atoms with Gasteiger partial charge in [-0.1, -0.05) is 35.0 Å². The van der Waals surface area contributed by atoms with Gasteiger partial charge in [-0.3, -0.25) is 4.90 Å². The SMILES string of the molecule is COc1ccc(C2ON=C(c3ccc(Cl)cc3)N2c2ccccc2)cc1. The molecule has 0 N–H and O–H groups in total. The van der Waals surface area contributed by atoms with Crippen molar-refractivity contribution >= 4 is 23.1 Å². The van der Waals surface area contributed by atoms with E-state index in [1.54, 1.807) is 7.11 Å². The van der Waals surface area contributed by atoms with Crippen LogP contribution >= 0.6 is 11.6 Å². The average molecular weight is 365 g/mol. The van der Waals surface area contributed by atoms with Gasteiger partial charge in [0.2, 0.25) is 6.23 Å². The van der Waals surface area contributed by atoms with Crippen LogP contribution in [0, 0.1) is 0 Å². The third kappa shape index (κ3) is 3.11. The molecule has 130 valence electrons. The highest BCUT2D eigenvalue weighted by Gasteiger charge is 2.33. The van der Waals surface area contributed by atoms with E-state index >= 15 is 0 Å². The number of amidine groups is 1. The van der Waals surface area contributed by atoms with Gasteiger partial charge in [0.1, 0.15) is 5.75 Å². The lowest BCUT2D eigenvalue weighted by Gasteiger charge is -2.25. The van der Waals surface area contributed by atoms with Crippen molar-refractivity contribution in [1.29, 1.82) is 0 Å². The minimum absolute atomic E-state index is 0.353. The van der Waals surface area contributed by atoms with Crippen LogP contribution in [0.25, 0.3) is 0 Å². The molecular weight excluding hydrogens is 348 g/mol. The maximum absolute atomic E-state index is 6.03. The minimum Gasteiger partial charge on any atom is -0.497 e. The first-order valence-corrected chi connectivity index (χ1v) is 8.62. The summed E-state index contributed by atoms with van der Waals surface area (Å²) < 4.78 is 5.25. The van der Waals surface area contributed by atoms with Gasteiger partial charge in [-0.05, 0) is 60.7 Å². The van der Waals surface area contributed by atoms with Gasteiger partial charge in [0.05, 0.1) is 7.11 Å². The Morgan fingerprint density at radius 1 is 0.923 bits per heavy atom. The van der Waals surface area contributed by atoms with Crippen LogP contribution in [0.3, 0.4) is 0 Å². The molecule has 0 bridgehead atoms. The lowest BCUT2D eigenvalue weighted by molar-refractivity contribution is 0.0868. The zero-order chi connectivity index (χ0) is 17.9. The Morgan fingerprint density at radius 3 is 2.27 bits per heavy atom. The molecule has 1 aliphatic heterocycles. The molecule has 5 heteroatoms. The smallest absolute Gasteiger partial charge is 0.231 e. The number of ether oxygens (including phenoxy) is 1. The van der Waals surface area contributed by atoms with Crippen LogP contribution in [0.1, 0.15) is 17.4 Å². The fourth-order valence-electron chi connectivity index (χ4n) is 2.92. The number of anilines is 1.